The van der Waals surface area contributed by atoms with Crippen molar-refractivity contribution in [2.45, 2.75) is 121 Å². The summed E-state index contributed by atoms with van der Waals surface area (Å²) in [4.78, 5) is 80.7. The number of imide groups is 1. The Morgan fingerprint density at radius 3 is 2.45 bits per heavy atom. The number of halogens is 2. The number of anilines is 2. The fraction of sp³-hybridized carbons (Fsp3) is 0.532. The number of ether oxygens (including phenoxy) is 5. The number of nitrogens with zero attached hydrogens (tertiary/aromatic N) is 2. The van der Waals surface area contributed by atoms with Gasteiger partial charge in [-0.2, -0.15) is 0 Å². The Labute approximate surface area is 383 Å². The summed E-state index contributed by atoms with van der Waals surface area (Å²) in [5, 5.41) is 14.9. The van der Waals surface area contributed by atoms with Crippen molar-refractivity contribution in [3.05, 3.63) is 75.3 Å². The van der Waals surface area contributed by atoms with E-state index in [1.165, 1.54) is 24.0 Å². The number of amides is 4. The van der Waals surface area contributed by atoms with Crippen LogP contribution in [0.15, 0.2) is 54.1 Å². The molecule has 8 atom stereocenters. The number of unbranched alkanes of at least 4 members (excludes halogenated alkanes) is 1. The van der Waals surface area contributed by atoms with E-state index in [9.17, 15) is 33.9 Å². The Kier molecular flexibility index (Phi) is 15.3. The largest absolute Gasteiger partial charge is 0.495 e. The predicted octanol–water partition coefficient (Wildman–Crippen LogP) is 6.95. The summed E-state index contributed by atoms with van der Waals surface area (Å²) < 4.78 is 29.4. The van der Waals surface area contributed by atoms with Crippen molar-refractivity contribution in [2.24, 2.45) is 11.8 Å². The molecule has 6 rings (SSSR count). The number of hydrogen-bond acceptors (Lipinski definition) is 12. The van der Waals surface area contributed by atoms with Gasteiger partial charge < -0.3 is 33.7 Å². The highest BCUT2D eigenvalue weighted by molar-refractivity contribution is 6.35. The van der Waals surface area contributed by atoms with Gasteiger partial charge in [0, 0.05) is 58.2 Å². The van der Waals surface area contributed by atoms with Crippen molar-refractivity contribution in [3.8, 4) is 5.75 Å². The maximum Gasteiger partial charge on any atom is 0.412 e. The van der Waals surface area contributed by atoms with Gasteiger partial charge in [-0.25, -0.2) is 4.79 Å². The Morgan fingerprint density at radius 1 is 1.03 bits per heavy atom. The molecule has 2 aromatic rings. The van der Waals surface area contributed by atoms with Crippen LogP contribution in [0.3, 0.4) is 0 Å². The Bertz CT molecular complexity index is 2230. The van der Waals surface area contributed by atoms with Gasteiger partial charge in [-0.1, -0.05) is 66.9 Å². The SMILES string of the molecule is COc1cc2cc(c1Cl)N(C)C(=O)C[C@H](OC(=O)Nc1ccc(CC(=O)CCCCN3C(=O)CC(C)C3=O)cc1Cl)[C@]1(C)O[C@H]1[C@H](C)[C@@H]1C[C@@](O)(CC(=O)O1)[C@H](OC)/C=C/C=C(\C)C2. The average Bonchev–Trinajstić information content (AvgIpc) is 3.87. The van der Waals surface area contributed by atoms with Crippen molar-refractivity contribution in [3.63, 3.8) is 0 Å². The van der Waals surface area contributed by atoms with Gasteiger partial charge in [0.2, 0.25) is 17.7 Å². The van der Waals surface area contributed by atoms with Crippen molar-refractivity contribution in [2.75, 3.05) is 38.0 Å². The summed E-state index contributed by atoms with van der Waals surface area (Å²) in [6.07, 6.45) is 2.27. The molecule has 17 heteroatoms. The number of fused-ring (bicyclic) bond motifs is 5. The predicted molar refractivity (Wildman–Crippen MR) is 238 cm³/mol. The molecule has 1 unspecified atom stereocenters. The van der Waals surface area contributed by atoms with E-state index < -0.39 is 59.5 Å². The quantitative estimate of drug-likeness (QED) is 0.102. The van der Waals surface area contributed by atoms with Crippen LogP contribution in [-0.4, -0.2) is 109 Å². The molecule has 4 bridgehead atoms. The van der Waals surface area contributed by atoms with Gasteiger partial charge in [0.1, 0.15) is 46.1 Å². The summed E-state index contributed by atoms with van der Waals surface area (Å²) in [5.41, 5.74) is 0.0361. The average molecular weight is 927 g/mol. The minimum atomic E-state index is -1.61. The highest BCUT2D eigenvalue weighted by Gasteiger charge is 2.64. The van der Waals surface area contributed by atoms with E-state index in [-0.39, 0.29) is 84.3 Å². The van der Waals surface area contributed by atoms with Crippen molar-refractivity contribution in [1.82, 2.24) is 4.90 Å². The number of epoxide rings is 1. The molecule has 2 N–H and O–H groups in total. The van der Waals surface area contributed by atoms with Crippen LogP contribution in [0.2, 0.25) is 10.0 Å². The van der Waals surface area contributed by atoms with E-state index in [0.29, 0.717) is 36.3 Å². The third-order valence-electron chi connectivity index (χ3n) is 12.7. The molecule has 0 saturated carbocycles. The molecule has 2 aromatic carbocycles. The number of rotatable bonds is 11. The van der Waals surface area contributed by atoms with Gasteiger partial charge in [0.25, 0.3) is 0 Å². The lowest BCUT2D eigenvalue weighted by atomic mass is 9.78. The second kappa shape index (κ2) is 20.2. The zero-order valence-electron chi connectivity index (χ0n) is 37.2. The zero-order valence-corrected chi connectivity index (χ0v) is 38.8. The van der Waals surface area contributed by atoms with Crippen molar-refractivity contribution < 1.29 is 57.6 Å². The summed E-state index contributed by atoms with van der Waals surface area (Å²) in [6.45, 7) is 7.45. The van der Waals surface area contributed by atoms with Crippen LogP contribution in [0.5, 0.6) is 5.75 Å². The first kappa shape index (κ1) is 48.7. The maximum atomic E-state index is 14.2. The molecule has 4 aliphatic heterocycles. The number of esters is 1. The fourth-order valence-electron chi connectivity index (χ4n) is 8.89. The number of carbonyl (C=O) groups is 6. The van der Waals surface area contributed by atoms with Gasteiger partial charge in [0.05, 0.1) is 42.5 Å². The molecule has 3 fully saturated rings. The summed E-state index contributed by atoms with van der Waals surface area (Å²) in [5.74, 6) is -1.97. The van der Waals surface area contributed by atoms with Crippen LogP contribution in [0.1, 0.15) is 83.8 Å². The first-order valence-corrected chi connectivity index (χ1v) is 22.2. The van der Waals surface area contributed by atoms with E-state index in [1.807, 2.05) is 13.0 Å². The normalized spacial score (nSPS) is 29.9. The number of likely N-dealkylation sites (tertiary alicyclic amines) is 1. The Morgan fingerprint density at radius 2 is 1.78 bits per heavy atom. The molecular formula is C47H57Cl2N3O12. The summed E-state index contributed by atoms with van der Waals surface area (Å²) in [6, 6.07) is 8.34. The topological polar surface area (TPSA) is 191 Å². The highest BCUT2D eigenvalue weighted by atomic mass is 35.5. The third kappa shape index (κ3) is 11.0. The van der Waals surface area contributed by atoms with Crippen LogP contribution in [0.25, 0.3) is 0 Å². The lowest BCUT2D eigenvalue weighted by molar-refractivity contribution is -0.187. The van der Waals surface area contributed by atoms with Gasteiger partial charge in [-0.3, -0.25) is 34.2 Å². The second-order valence-electron chi connectivity index (χ2n) is 17.6. The van der Waals surface area contributed by atoms with E-state index in [4.69, 9.17) is 46.9 Å². The Hall–Kier alpha value is -4.80. The van der Waals surface area contributed by atoms with Crippen LogP contribution in [0.4, 0.5) is 16.2 Å². The van der Waals surface area contributed by atoms with Gasteiger partial charge in [-0.15, -0.1) is 0 Å². The first-order valence-electron chi connectivity index (χ1n) is 21.5. The second-order valence-corrected chi connectivity index (χ2v) is 18.4. The molecule has 0 aromatic heterocycles. The number of hydrogen-bond donors (Lipinski definition) is 2. The molecule has 346 valence electrons. The van der Waals surface area contributed by atoms with E-state index in [0.717, 1.165) is 11.1 Å². The summed E-state index contributed by atoms with van der Waals surface area (Å²) >= 11 is 13.4. The number of Topliss-reactive ketones (excluding diaryl/α,β-unsaturated/α-hetero) is 1. The molecule has 0 spiro atoms. The molecule has 4 aliphatic rings. The molecule has 3 saturated heterocycles. The van der Waals surface area contributed by atoms with Gasteiger partial charge in [0.15, 0.2) is 0 Å². The minimum absolute atomic E-state index is 0.0295. The van der Waals surface area contributed by atoms with E-state index >= 15 is 0 Å². The van der Waals surface area contributed by atoms with Gasteiger partial charge in [-0.05, 0) is 68.5 Å². The van der Waals surface area contributed by atoms with Crippen LogP contribution < -0.4 is 15.0 Å². The highest BCUT2D eigenvalue weighted by Crippen LogP contribution is 2.50. The molecule has 4 heterocycles. The fourth-order valence-corrected chi connectivity index (χ4v) is 9.45. The summed E-state index contributed by atoms with van der Waals surface area (Å²) in [7, 11) is 4.50. The van der Waals surface area contributed by atoms with Crippen molar-refractivity contribution in [1.29, 1.82) is 0 Å². The Balaban J connectivity index is 1.20. The zero-order chi connectivity index (χ0) is 46.7. The number of ketones is 1. The van der Waals surface area contributed by atoms with Crippen LogP contribution in [0, 0.1) is 11.8 Å². The van der Waals surface area contributed by atoms with Crippen molar-refractivity contribution >= 4 is 70.1 Å². The first-order chi connectivity index (χ1) is 30.3. The molecule has 0 radical (unpaired) electrons. The number of aliphatic hydroxyl groups is 1. The van der Waals surface area contributed by atoms with Crippen LogP contribution in [-0.2, 0) is 55.8 Å². The maximum absolute atomic E-state index is 14.2. The molecule has 15 nitrogen and oxygen atoms in total. The van der Waals surface area contributed by atoms with Gasteiger partial charge >= 0.3 is 12.1 Å². The third-order valence-corrected chi connectivity index (χ3v) is 13.4. The van der Waals surface area contributed by atoms with E-state index in [2.05, 4.69) is 5.32 Å². The van der Waals surface area contributed by atoms with E-state index in [1.54, 1.807) is 70.3 Å². The molecule has 0 aliphatic carbocycles. The monoisotopic (exact) mass is 925 g/mol. The molecule has 4 amide bonds. The molecule has 64 heavy (non-hydrogen) atoms. The number of methoxy groups -OCH3 is 2. The standard InChI is InChI=1S/C47H57Cl2N3O12/c1-26-11-10-13-37(61-7)47(59)24-36(62-41(56)25-47)28(3)43-46(4,64-43)38(23-39(54)51(5)34-21-30(17-26)22-35(60-6)42(34)49)63-45(58)50-33-15-14-29(20-32(33)48)19-31(53)12-8-9-16-52-40(55)18-27(2)44(52)57/h10-11,13-15,20-22,27-28,36-38,43,59H,8-9,12,16-19,23-25H2,1-7H3,(H,50,58)/b13-10+,26-11+/t27?,28-,36+,37-,38+,43+,46+,47-/m1/s1. The molecular weight excluding hydrogens is 869 g/mol. The smallest absolute Gasteiger partial charge is 0.412 e. The lowest BCUT2D eigenvalue weighted by Crippen LogP contribution is -2.53. The number of benzene rings is 2. The number of allylic oxidation sites excluding steroid dienone is 3. The number of nitrogens with one attached hydrogen (secondary N) is 1. The lowest BCUT2D eigenvalue weighted by Gasteiger charge is -2.41. The minimum Gasteiger partial charge on any atom is -0.495 e. The van der Waals surface area contributed by atoms with Crippen LogP contribution >= 0.6 is 23.2 Å². The number of carbonyl (C=O) groups excluding carboxylic acids is 6.